The highest BCUT2D eigenvalue weighted by atomic mass is 32.2. The van der Waals surface area contributed by atoms with Gasteiger partial charge in [-0.15, -0.1) is 0 Å². The highest BCUT2D eigenvalue weighted by Crippen LogP contribution is 2.31. The summed E-state index contributed by atoms with van der Waals surface area (Å²) < 4.78 is 0. The van der Waals surface area contributed by atoms with Crippen LogP contribution in [0.25, 0.3) is 11.1 Å². The summed E-state index contributed by atoms with van der Waals surface area (Å²) in [4.78, 5) is 0. The van der Waals surface area contributed by atoms with E-state index in [0.29, 0.717) is 11.5 Å². The topological polar surface area (TPSA) is 47.6 Å². The first kappa shape index (κ1) is 14.5. The zero-order valence-electron chi connectivity index (χ0n) is 10.7. The molecule has 0 fully saturated rings. The Morgan fingerprint density at radius 3 is 1.50 bits per heavy atom. The SMILES string of the molecule is N#CSCc1ccccc1-c1ccccc1CSC#N. The van der Waals surface area contributed by atoms with E-state index in [2.05, 4.69) is 22.9 Å². The number of hydrogen-bond acceptors (Lipinski definition) is 4. The van der Waals surface area contributed by atoms with Crippen molar-refractivity contribution in [1.82, 2.24) is 0 Å². The summed E-state index contributed by atoms with van der Waals surface area (Å²) in [5.74, 6) is 1.35. The third-order valence-electron chi connectivity index (χ3n) is 2.91. The van der Waals surface area contributed by atoms with Crippen LogP contribution in [-0.4, -0.2) is 0 Å². The van der Waals surface area contributed by atoms with Gasteiger partial charge in [0.05, 0.1) is 0 Å². The van der Waals surface area contributed by atoms with E-state index in [1.54, 1.807) is 0 Å². The Morgan fingerprint density at radius 1 is 0.700 bits per heavy atom. The molecular formula is C16H12N2S2. The lowest BCUT2D eigenvalue weighted by Gasteiger charge is -2.12. The van der Waals surface area contributed by atoms with Gasteiger partial charge in [0.2, 0.25) is 0 Å². The van der Waals surface area contributed by atoms with Crippen LogP contribution in [0.15, 0.2) is 48.5 Å². The zero-order chi connectivity index (χ0) is 14.2. The minimum absolute atomic E-state index is 0.673. The molecule has 2 nitrogen and oxygen atoms in total. The maximum Gasteiger partial charge on any atom is 0.133 e. The largest absolute Gasteiger partial charge is 0.185 e. The fourth-order valence-corrected chi connectivity index (χ4v) is 2.98. The number of thioether (sulfide) groups is 2. The van der Waals surface area contributed by atoms with Crippen molar-refractivity contribution >= 4 is 23.5 Å². The number of nitrogens with zero attached hydrogens (tertiary/aromatic N) is 2. The van der Waals surface area contributed by atoms with Gasteiger partial charge in [0.25, 0.3) is 0 Å². The van der Waals surface area contributed by atoms with Crippen LogP contribution in [0.5, 0.6) is 0 Å². The Bertz CT molecular complexity index is 609. The second-order valence-electron chi connectivity index (χ2n) is 4.07. The van der Waals surface area contributed by atoms with Gasteiger partial charge in [-0.05, 0) is 45.8 Å². The number of thiocyanates is 2. The number of hydrogen-bond donors (Lipinski definition) is 0. The molecule has 2 rings (SSSR count). The van der Waals surface area contributed by atoms with E-state index in [1.807, 2.05) is 36.4 Å². The zero-order valence-corrected chi connectivity index (χ0v) is 12.4. The Balaban J connectivity index is 2.41. The van der Waals surface area contributed by atoms with Crippen LogP contribution in [0, 0.1) is 21.3 Å². The molecule has 0 aliphatic rings. The van der Waals surface area contributed by atoms with Crippen LogP contribution in [-0.2, 0) is 11.5 Å². The minimum atomic E-state index is 0.673. The first-order valence-corrected chi connectivity index (χ1v) is 8.02. The van der Waals surface area contributed by atoms with E-state index in [-0.39, 0.29) is 0 Å². The van der Waals surface area contributed by atoms with Crippen LogP contribution >= 0.6 is 23.5 Å². The summed E-state index contributed by atoms with van der Waals surface area (Å²) in [6.07, 6.45) is 0. The second-order valence-corrected chi connectivity index (χ2v) is 5.59. The number of rotatable bonds is 5. The summed E-state index contributed by atoms with van der Waals surface area (Å²) in [5, 5.41) is 21.7. The molecule has 0 saturated carbocycles. The molecule has 0 heterocycles. The molecule has 0 amide bonds. The summed E-state index contributed by atoms with van der Waals surface area (Å²) in [6.45, 7) is 0. The predicted molar refractivity (Wildman–Crippen MR) is 85.7 cm³/mol. The summed E-state index contributed by atoms with van der Waals surface area (Å²) in [6, 6.07) is 16.2. The standard InChI is InChI=1S/C16H12N2S2/c17-11-19-9-13-5-1-3-7-15(13)16-8-4-2-6-14(16)10-20-12-18/h1-8H,9-10H2. The van der Waals surface area contributed by atoms with Crippen molar-refractivity contribution < 1.29 is 0 Å². The van der Waals surface area contributed by atoms with Crippen molar-refractivity contribution in [3.05, 3.63) is 59.7 Å². The molecule has 0 saturated heterocycles. The highest BCUT2D eigenvalue weighted by Gasteiger charge is 2.09. The van der Waals surface area contributed by atoms with Gasteiger partial charge in [-0.2, -0.15) is 10.5 Å². The maximum absolute atomic E-state index is 8.73. The molecule has 0 bridgehead atoms. The van der Waals surface area contributed by atoms with E-state index in [9.17, 15) is 0 Å². The van der Waals surface area contributed by atoms with E-state index in [1.165, 1.54) is 23.5 Å². The van der Waals surface area contributed by atoms with Gasteiger partial charge in [0.15, 0.2) is 0 Å². The van der Waals surface area contributed by atoms with Crippen LogP contribution in [0.3, 0.4) is 0 Å². The van der Waals surface area contributed by atoms with Crippen LogP contribution < -0.4 is 0 Å². The monoisotopic (exact) mass is 296 g/mol. The van der Waals surface area contributed by atoms with Gasteiger partial charge in [0.1, 0.15) is 10.8 Å². The average Bonchev–Trinajstić information content (AvgIpc) is 2.51. The maximum atomic E-state index is 8.73. The molecule has 4 heteroatoms. The van der Waals surface area contributed by atoms with Gasteiger partial charge in [-0.3, -0.25) is 0 Å². The molecule has 98 valence electrons. The van der Waals surface area contributed by atoms with Crippen LogP contribution in [0.2, 0.25) is 0 Å². The Morgan fingerprint density at radius 2 is 1.10 bits per heavy atom. The van der Waals surface area contributed by atoms with Crippen molar-refractivity contribution in [2.75, 3.05) is 0 Å². The molecule has 0 atom stereocenters. The van der Waals surface area contributed by atoms with Gasteiger partial charge in [-0.25, -0.2) is 0 Å². The van der Waals surface area contributed by atoms with Gasteiger partial charge in [0, 0.05) is 11.5 Å². The number of benzene rings is 2. The molecule has 0 aliphatic heterocycles. The van der Waals surface area contributed by atoms with Crippen molar-refractivity contribution in [3.8, 4) is 21.9 Å². The third kappa shape index (κ3) is 3.57. The van der Waals surface area contributed by atoms with E-state index in [4.69, 9.17) is 10.5 Å². The van der Waals surface area contributed by atoms with E-state index < -0.39 is 0 Å². The smallest absolute Gasteiger partial charge is 0.133 e. The van der Waals surface area contributed by atoms with Crippen LogP contribution in [0.1, 0.15) is 11.1 Å². The quantitative estimate of drug-likeness (QED) is 0.745. The fraction of sp³-hybridized carbons (Fsp3) is 0.125. The lowest BCUT2D eigenvalue weighted by Crippen LogP contribution is -1.91. The molecular weight excluding hydrogens is 284 g/mol. The van der Waals surface area contributed by atoms with Crippen molar-refractivity contribution in [2.45, 2.75) is 11.5 Å². The molecule has 2 aromatic rings. The summed E-state index contributed by atoms with van der Waals surface area (Å²) >= 11 is 2.48. The molecule has 0 unspecified atom stereocenters. The normalized spacial score (nSPS) is 9.70. The molecule has 0 radical (unpaired) electrons. The molecule has 20 heavy (non-hydrogen) atoms. The number of nitriles is 2. The predicted octanol–water partition coefficient (Wildman–Crippen LogP) is 4.78. The highest BCUT2D eigenvalue weighted by molar-refractivity contribution is 8.03. The van der Waals surface area contributed by atoms with E-state index >= 15 is 0 Å². The second kappa shape index (κ2) is 7.65. The minimum Gasteiger partial charge on any atom is -0.185 e. The lowest BCUT2D eigenvalue weighted by atomic mass is 9.97. The Hall–Kier alpha value is -1.88. The van der Waals surface area contributed by atoms with Crippen LogP contribution in [0.4, 0.5) is 0 Å². The van der Waals surface area contributed by atoms with E-state index in [0.717, 1.165) is 22.3 Å². The van der Waals surface area contributed by atoms with Crippen molar-refractivity contribution in [2.24, 2.45) is 0 Å². The Labute approximate surface area is 127 Å². The van der Waals surface area contributed by atoms with Crippen molar-refractivity contribution in [1.29, 1.82) is 10.5 Å². The van der Waals surface area contributed by atoms with Gasteiger partial charge >= 0.3 is 0 Å². The molecule has 0 aliphatic carbocycles. The third-order valence-corrected chi connectivity index (χ3v) is 4.08. The van der Waals surface area contributed by atoms with Gasteiger partial charge < -0.3 is 0 Å². The molecule has 2 aromatic carbocycles. The molecule has 0 aromatic heterocycles. The summed E-state index contributed by atoms with van der Waals surface area (Å²) in [5.41, 5.74) is 4.58. The molecule has 0 spiro atoms. The first-order valence-electron chi connectivity index (χ1n) is 6.04. The van der Waals surface area contributed by atoms with Crippen molar-refractivity contribution in [3.63, 3.8) is 0 Å². The fourth-order valence-electron chi connectivity index (χ4n) is 2.04. The lowest BCUT2D eigenvalue weighted by molar-refractivity contribution is 1.36. The average molecular weight is 296 g/mol. The van der Waals surface area contributed by atoms with Gasteiger partial charge in [-0.1, -0.05) is 48.5 Å². The Kier molecular flexibility index (Phi) is 5.55. The summed E-state index contributed by atoms with van der Waals surface area (Å²) in [7, 11) is 0. The first-order chi connectivity index (χ1) is 9.86. The molecule has 0 N–H and O–H groups in total.